The number of halogens is 1. The third-order valence-corrected chi connectivity index (χ3v) is 3.62. The molecule has 1 heterocycles. The van der Waals surface area contributed by atoms with Gasteiger partial charge in [-0.1, -0.05) is 24.6 Å². The molecule has 1 amide bonds. The van der Waals surface area contributed by atoms with Crippen molar-refractivity contribution in [2.75, 3.05) is 13.7 Å². The van der Waals surface area contributed by atoms with Crippen LogP contribution in [0, 0.1) is 5.92 Å². The fourth-order valence-electron chi connectivity index (χ4n) is 2.22. The SMILES string of the molecule is COC(=O)C(C)CN(Cc1ccco1)C(=O)c1cccc(Cl)c1. The maximum Gasteiger partial charge on any atom is 0.310 e. The van der Waals surface area contributed by atoms with Crippen LogP contribution in [0.3, 0.4) is 0 Å². The zero-order valence-corrected chi connectivity index (χ0v) is 13.7. The first-order chi connectivity index (χ1) is 11.0. The molecule has 0 fully saturated rings. The van der Waals surface area contributed by atoms with Crippen LogP contribution in [0.5, 0.6) is 0 Å². The van der Waals surface area contributed by atoms with Crippen LogP contribution in [-0.4, -0.2) is 30.4 Å². The average molecular weight is 336 g/mol. The summed E-state index contributed by atoms with van der Waals surface area (Å²) in [6.07, 6.45) is 1.54. The molecule has 6 heteroatoms. The molecule has 1 unspecified atom stereocenters. The molecule has 0 aliphatic carbocycles. The zero-order chi connectivity index (χ0) is 16.8. The Bertz CT molecular complexity index is 669. The van der Waals surface area contributed by atoms with Gasteiger partial charge in [0.1, 0.15) is 5.76 Å². The van der Waals surface area contributed by atoms with Crippen molar-refractivity contribution >= 4 is 23.5 Å². The number of amides is 1. The second-order valence-electron chi connectivity index (χ2n) is 5.20. The molecular weight excluding hydrogens is 318 g/mol. The number of nitrogens with zero attached hydrogens (tertiary/aromatic N) is 1. The highest BCUT2D eigenvalue weighted by Gasteiger charge is 2.23. The first kappa shape index (κ1) is 17.1. The van der Waals surface area contributed by atoms with Crippen LogP contribution >= 0.6 is 11.6 Å². The summed E-state index contributed by atoms with van der Waals surface area (Å²) in [5, 5.41) is 0.481. The topological polar surface area (TPSA) is 59.8 Å². The number of esters is 1. The van der Waals surface area contributed by atoms with E-state index in [-0.39, 0.29) is 25.0 Å². The van der Waals surface area contributed by atoms with E-state index < -0.39 is 5.92 Å². The first-order valence-electron chi connectivity index (χ1n) is 7.16. The second kappa shape index (κ2) is 7.83. The Hall–Kier alpha value is -2.27. The van der Waals surface area contributed by atoms with Gasteiger partial charge in [-0.2, -0.15) is 0 Å². The van der Waals surface area contributed by atoms with Crippen LogP contribution in [0.1, 0.15) is 23.0 Å². The van der Waals surface area contributed by atoms with Gasteiger partial charge in [0.05, 0.1) is 25.8 Å². The van der Waals surface area contributed by atoms with E-state index in [1.54, 1.807) is 54.5 Å². The lowest BCUT2D eigenvalue weighted by Crippen LogP contribution is -2.36. The summed E-state index contributed by atoms with van der Waals surface area (Å²) in [4.78, 5) is 25.9. The lowest BCUT2D eigenvalue weighted by Gasteiger charge is -2.24. The molecule has 1 atom stereocenters. The Morgan fingerprint density at radius 2 is 2.09 bits per heavy atom. The molecular formula is C17H18ClNO4. The lowest BCUT2D eigenvalue weighted by atomic mass is 10.1. The van der Waals surface area contributed by atoms with Crippen molar-refractivity contribution in [2.24, 2.45) is 5.92 Å². The molecule has 23 heavy (non-hydrogen) atoms. The Balaban J connectivity index is 2.21. The van der Waals surface area contributed by atoms with Gasteiger partial charge in [-0.05, 0) is 30.3 Å². The molecule has 0 saturated heterocycles. The van der Waals surface area contributed by atoms with E-state index in [1.807, 2.05) is 0 Å². The monoisotopic (exact) mass is 335 g/mol. The van der Waals surface area contributed by atoms with Gasteiger partial charge in [-0.3, -0.25) is 9.59 Å². The number of methoxy groups -OCH3 is 1. The number of carbonyl (C=O) groups is 2. The Morgan fingerprint density at radius 3 is 2.70 bits per heavy atom. The number of furan rings is 1. The number of carbonyl (C=O) groups excluding carboxylic acids is 2. The molecule has 0 spiro atoms. The van der Waals surface area contributed by atoms with Crippen molar-refractivity contribution in [2.45, 2.75) is 13.5 Å². The van der Waals surface area contributed by atoms with E-state index in [0.29, 0.717) is 16.3 Å². The van der Waals surface area contributed by atoms with Crippen LogP contribution in [0.25, 0.3) is 0 Å². The van der Waals surface area contributed by atoms with Gasteiger partial charge in [-0.15, -0.1) is 0 Å². The summed E-state index contributed by atoms with van der Waals surface area (Å²) in [5.74, 6) is -0.400. The summed E-state index contributed by atoms with van der Waals surface area (Å²) >= 11 is 5.95. The minimum absolute atomic E-state index is 0.221. The minimum Gasteiger partial charge on any atom is -0.469 e. The zero-order valence-electron chi connectivity index (χ0n) is 13.0. The lowest BCUT2D eigenvalue weighted by molar-refractivity contribution is -0.145. The summed E-state index contributed by atoms with van der Waals surface area (Å²) in [6.45, 7) is 2.20. The van der Waals surface area contributed by atoms with E-state index in [1.165, 1.54) is 7.11 Å². The van der Waals surface area contributed by atoms with Crippen LogP contribution in [0.15, 0.2) is 47.1 Å². The molecule has 5 nitrogen and oxygen atoms in total. The van der Waals surface area contributed by atoms with E-state index in [9.17, 15) is 9.59 Å². The summed E-state index contributed by atoms with van der Waals surface area (Å²) in [6, 6.07) is 10.2. The summed E-state index contributed by atoms with van der Waals surface area (Å²) < 4.78 is 10.0. The summed E-state index contributed by atoms with van der Waals surface area (Å²) in [7, 11) is 1.33. The van der Waals surface area contributed by atoms with Gasteiger partial charge in [0.2, 0.25) is 0 Å². The van der Waals surface area contributed by atoms with Crippen LogP contribution in [-0.2, 0) is 16.1 Å². The smallest absolute Gasteiger partial charge is 0.310 e. The molecule has 0 N–H and O–H groups in total. The summed E-state index contributed by atoms with van der Waals surface area (Å²) in [5.41, 5.74) is 0.459. The fourth-order valence-corrected chi connectivity index (χ4v) is 2.41. The Morgan fingerprint density at radius 1 is 1.30 bits per heavy atom. The molecule has 1 aromatic carbocycles. The van der Waals surface area contributed by atoms with E-state index in [2.05, 4.69) is 0 Å². The van der Waals surface area contributed by atoms with Crippen molar-refractivity contribution in [1.82, 2.24) is 4.90 Å². The second-order valence-corrected chi connectivity index (χ2v) is 5.64. The normalized spacial score (nSPS) is 11.8. The molecule has 0 aliphatic rings. The van der Waals surface area contributed by atoms with E-state index >= 15 is 0 Å². The van der Waals surface area contributed by atoms with Gasteiger partial charge < -0.3 is 14.1 Å². The first-order valence-corrected chi connectivity index (χ1v) is 7.54. The number of ether oxygens (including phenoxy) is 1. The average Bonchev–Trinajstić information content (AvgIpc) is 3.05. The van der Waals surface area contributed by atoms with Crippen molar-refractivity contribution in [3.63, 3.8) is 0 Å². The fraction of sp³-hybridized carbons (Fsp3) is 0.294. The molecule has 2 aromatic rings. The van der Waals surface area contributed by atoms with Gasteiger partial charge in [0.15, 0.2) is 0 Å². The Kier molecular flexibility index (Phi) is 5.82. The quantitative estimate of drug-likeness (QED) is 0.759. The third kappa shape index (κ3) is 4.60. The van der Waals surface area contributed by atoms with E-state index in [4.69, 9.17) is 20.8 Å². The predicted octanol–water partition coefficient (Wildman–Crippen LogP) is 3.38. The molecule has 2 rings (SSSR count). The number of hydrogen-bond donors (Lipinski definition) is 0. The van der Waals surface area contributed by atoms with Gasteiger partial charge in [0.25, 0.3) is 5.91 Å². The molecule has 1 aromatic heterocycles. The number of benzene rings is 1. The molecule has 0 saturated carbocycles. The van der Waals surface area contributed by atoms with Crippen molar-refractivity contribution in [1.29, 1.82) is 0 Å². The molecule has 0 radical (unpaired) electrons. The third-order valence-electron chi connectivity index (χ3n) is 3.38. The standard InChI is InChI=1S/C17H18ClNO4/c1-12(17(21)22-2)10-19(11-15-7-4-8-23-15)16(20)13-5-3-6-14(18)9-13/h3-9,12H,10-11H2,1-2H3. The van der Waals surface area contributed by atoms with Crippen LogP contribution in [0.2, 0.25) is 5.02 Å². The Labute approximate surface area is 139 Å². The highest BCUT2D eigenvalue weighted by atomic mass is 35.5. The largest absolute Gasteiger partial charge is 0.469 e. The van der Waals surface area contributed by atoms with Gasteiger partial charge in [-0.25, -0.2) is 0 Å². The van der Waals surface area contributed by atoms with Crippen molar-refractivity contribution in [3.05, 3.63) is 59.0 Å². The highest BCUT2D eigenvalue weighted by Crippen LogP contribution is 2.16. The van der Waals surface area contributed by atoms with Crippen molar-refractivity contribution < 1.29 is 18.7 Å². The maximum atomic E-state index is 12.7. The number of hydrogen-bond acceptors (Lipinski definition) is 4. The van der Waals surface area contributed by atoms with Crippen LogP contribution in [0.4, 0.5) is 0 Å². The molecule has 0 bridgehead atoms. The van der Waals surface area contributed by atoms with Crippen LogP contribution < -0.4 is 0 Å². The maximum absolute atomic E-state index is 12.7. The van der Waals surface area contributed by atoms with Crippen molar-refractivity contribution in [3.8, 4) is 0 Å². The van der Waals surface area contributed by atoms with E-state index in [0.717, 1.165) is 0 Å². The predicted molar refractivity (Wildman–Crippen MR) is 86.1 cm³/mol. The highest BCUT2D eigenvalue weighted by molar-refractivity contribution is 6.30. The number of rotatable bonds is 6. The van der Waals surface area contributed by atoms with Gasteiger partial charge >= 0.3 is 5.97 Å². The minimum atomic E-state index is -0.446. The molecule has 0 aliphatic heterocycles. The van der Waals surface area contributed by atoms with Gasteiger partial charge in [0, 0.05) is 17.1 Å². The molecule has 122 valence electrons.